The summed E-state index contributed by atoms with van der Waals surface area (Å²) in [5, 5.41) is 12.8. The van der Waals surface area contributed by atoms with Gasteiger partial charge in [0.05, 0.1) is 11.0 Å². The second-order valence-corrected chi connectivity index (χ2v) is 6.77. The molecule has 2 N–H and O–H groups in total. The van der Waals surface area contributed by atoms with Crippen molar-refractivity contribution >= 4 is 29.2 Å². The van der Waals surface area contributed by atoms with E-state index in [1.165, 1.54) is 6.07 Å². The molecule has 2 aromatic carbocycles. The normalized spacial score (nSPS) is 15.0. The Bertz CT molecular complexity index is 823. The Morgan fingerprint density at radius 3 is 2.25 bits per heavy atom. The Hall–Kier alpha value is -2.33. The van der Waals surface area contributed by atoms with Crippen LogP contribution in [0.25, 0.3) is 0 Å². The Balaban J connectivity index is 1.89. The molecule has 4 nitrogen and oxygen atoms in total. The summed E-state index contributed by atoms with van der Waals surface area (Å²) in [6.07, 6.45) is 1.55. The molecule has 1 aliphatic rings. The highest BCUT2D eigenvalue weighted by Crippen LogP contribution is 2.49. The summed E-state index contributed by atoms with van der Waals surface area (Å²) in [4.78, 5) is 24.1. The summed E-state index contributed by atoms with van der Waals surface area (Å²) >= 11 is 5.92. The predicted octanol–water partition coefficient (Wildman–Crippen LogP) is 4.33. The number of rotatable bonds is 4. The second-order valence-electron chi connectivity index (χ2n) is 6.33. The molecular formula is C19H18ClNO3. The predicted molar refractivity (Wildman–Crippen MR) is 93.9 cm³/mol. The molecule has 1 fully saturated rings. The molecule has 0 heterocycles. The van der Waals surface area contributed by atoms with E-state index in [-0.39, 0.29) is 11.5 Å². The van der Waals surface area contributed by atoms with E-state index in [1.54, 1.807) is 25.1 Å². The first-order valence-corrected chi connectivity index (χ1v) is 8.13. The molecule has 0 spiro atoms. The summed E-state index contributed by atoms with van der Waals surface area (Å²) in [6.45, 7) is 3.61. The number of halogens is 1. The zero-order chi connectivity index (χ0) is 17.5. The van der Waals surface area contributed by atoms with Crippen LogP contribution in [-0.4, -0.2) is 17.0 Å². The zero-order valence-electron chi connectivity index (χ0n) is 13.5. The standard InChI is InChI=1S/C19H18ClNO3/c1-11-9-12(2)16(10-15(11)17(22)23)21-18(24)19(7-8-19)13-3-5-14(20)6-4-13/h3-6,9-10H,7-8H2,1-2H3,(H,21,24)(H,22,23). The fraction of sp³-hybridized carbons (Fsp3) is 0.263. The Morgan fingerprint density at radius 1 is 1.08 bits per heavy atom. The van der Waals surface area contributed by atoms with Crippen molar-refractivity contribution in [2.24, 2.45) is 0 Å². The van der Waals surface area contributed by atoms with Gasteiger partial charge in [-0.1, -0.05) is 29.8 Å². The lowest BCUT2D eigenvalue weighted by Gasteiger charge is -2.18. The van der Waals surface area contributed by atoms with Crippen molar-refractivity contribution in [2.45, 2.75) is 32.1 Å². The van der Waals surface area contributed by atoms with Gasteiger partial charge in [-0.05, 0) is 61.6 Å². The molecule has 24 heavy (non-hydrogen) atoms. The minimum Gasteiger partial charge on any atom is -0.478 e. The van der Waals surface area contributed by atoms with E-state index >= 15 is 0 Å². The summed E-state index contributed by atoms with van der Waals surface area (Å²) in [6, 6.07) is 10.6. The third kappa shape index (κ3) is 2.89. The maximum atomic E-state index is 12.8. The van der Waals surface area contributed by atoms with Gasteiger partial charge in [0.1, 0.15) is 0 Å². The highest BCUT2D eigenvalue weighted by atomic mass is 35.5. The van der Waals surface area contributed by atoms with Gasteiger partial charge >= 0.3 is 5.97 Å². The van der Waals surface area contributed by atoms with Crippen molar-refractivity contribution in [3.05, 3.63) is 63.7 Å². The fourth-order valence-electron chi connectivity index (χ4n) is 3.00. The number of aromatic carboxylic acids is 1. The zero-order valence-corrected chi connectivity index (χ0v) is 14.3. The molecule has 5 heteroatoms. The summed E-state index contributed by atoms with van der Waals surface area (Å²) in [7, 11) is 0. The van der Waals surface area contributed by atoms with Crippen LogP contribution in [0.4, 0.5) is 5.69 Å². The Morgan fingerprint density at radius 2 is 1.71 bits per heavy atom. The van der Waals surface area contributed by atoms with Crippen LogP contribution >= 0.6 is 11.6 Å². The number of nitrogens with one attached hydrogen (secondary N) is 1. The largest absolute Gasteiger partial charge is 0.478 e. The minimum absolute atomic E-state index is 0.104. The number of carbonyl (C=O) groups is 2. The number of anilines is 1. The molecule has 0 aliphatic heterocycles. The number of carboxylic acid groups (broad SMARTS) is 1. The summed E-state index contributed by atoms with van der Waals surface area (Å²) in [5.41, 5.74) is 2.67. The van der Waals surface area contributed by atoms with Gasteiger partial charge in [-0.3, -0.25) is 4.79 Å². The van der Waals surface area contributed by atoms with Gasteiger partial charge in [0.15, 0.2) is 0 Å². The average Bonchev–Trinajstić information content (AvgIpc) is 3.32. The quantitative estimate of drug-likeness (QED) is 0.868. The monoisotopic (exact) mass is 343 g/mol. The van der Waals surface area contributed by atoms with E-state index in [0.717, 1.165) is 24.0 Å². The molecule has 1 amide bonds. The maximum absolute atomic E-state index is 12.8. The van der Waals surface area contributed by atoms with Gasteiger partial charge in [-0.15, -0.1) is 0 Å². The molecule has 124 valence electrons. The molecular weight excluding hydrogens is 326 g/mol. The summed E-state index contributed by atoms with van der Waals surface area (Å²) < 4.78 is 0. The van der Waals surface area contributed by atoms with Gasteiger partial charge in [-0.2, -0.15) is 0 Å². The molecule has 0 atom stereocenters. The van der Waals surface area contributed by atoms with Crippen LogP contribution in [0, 0.1) is 13.8 Å². The first-order valence-electron chi connectivity index (χ1n) is 7.75. The molecule has 1 saturated carbocycles. The third-order valence-electron chi connectivity index (χ3n) is 4.63. The van der Waals surface area contributed by atoms with E-state index < -0.39 is 11.4 Å². The van der Waals surface area contributed by atoms with Gasteiger partial charge < -0.3 is 10.4 Å². The molecule has 0 aromatic heterocycles. The van der Waals surface area contributed by atoms with E-state index in [2.05, 4.69) is 5.32 Å². The van der Waals surface area contributed by atoms with Crippen LogP contribution in [0.5, 0.6) is 0 Å². The van der Waals surface area contributed by atoms with Crippen LogP contribution in [-0.2, 0) is 10.2 Å². The number of hydrogen-bond donors (Lipinski definition) is 2. The van der Waals surface area contributed by atoms with Crippen LogP contribution in [0.3, 0.4) is 0 Å². The van der Waals surface area contributed by atoms with Gasteiger partial charge in [0.25, 0.3) is 0 Å². The van der Waals surface area contributed by atoms with Crippen molar-refractivity contribution in [3.63, 3.8) is 0 Å². The average molecular weight is 344 g/mol. The topological polar surface area (TPSA) is 66.4 Å². The van der Waals surface area contributed by atoms with Crippen LogP contribution in [0.2, 0.25) is 5.02 Å². The van der Waals surface area contributed by atoms with Gasteiger partial charge in [0.2, 0.25) is 5.91 Å². The van der Waals surface area contributed by atoms with E-state index in [4.69, 9.17) is 11.6 Å². The van der Waals surface area contributed by atoms with Crippen LogP contribution in [0.15, 0.2) is 36.4 Å². The van der Waals surface area contributed by atoms with Crippen molar-refractivity contribution in [1.29, 1.82) is 0 Å². The van der Waals surface area contributed by atoms with Gasteiger partial charge in [0, 0.05) is 10.7 Å². The molecule has 0 saturated heterocycles. The highest BCUT2D eigenvalue weighted by molar-refractivity contribution is 6.30. The number of carboxylic acids is 1. The first kappa shape index (κ1) is 16.5. The molecule has 0 bridgehead atoms. The smallest absolute Gasteiger partial charge is 0.336 e. The van der Waals surface area contributed by atoms with E-state index in [9.17, 15) is 14.7 Å². The lowest BCUT2D eigenvalue weighted by molar-refractivity contribution is -0.118. The lowest BCUT2D eigenvalue weighted by atomic mass is 9.94. The maximum Gasteiger partial charge on any atom is 0.336 e. The molecule has 2 aromatic rings. The number of carbonyl (C=O) groups excluding carboxylic acids is 1. The molecule has 3 rings (SSSR count). The second kappa shape index (κ2) is 5.95. The highest BCUT2D eigenvalue weighted by Gasteiger charge is 2.51. The molecule has 0 unspecified atom stereocenters. The first-order chi connectivity index (χ1) is 11.3. The SMILES string of the molecule is Cc1cc(C)c(C(=O)O)cc1NC(=O)C1(c2ccc(Cl)cc2)CC1. The van der Waals surface area contributed by atoms with Crippen molar-refractivity contribution in [3.8, 4) is 0 Å². The number of amides is 1. The van der Waals surface area contributed by atoms with E-state index in [0.29, 0.717) is 16.3 Å². The molecule has 1 aliphatic carbocycles. The fourth-order valence-corrected chi connectivity index (χ4v) is 3.13. The van der Waals surface area contributed by atoms with Crippen molar-refractivity contribution in [1.82, 2.24) is 0 Å². The van der Waals surface area contributed by atoms with Crippen molar-refractivity contribution in [2.75, 3.05) is 5.32 Å². The summed E-state index contributed by atoms with van der Waals surface area (Å²) in [5.74, 6) is -1.10. The van der Waals surface area contributed by atoms with Gasteiger partial charge in [-0.25, -0.2) is 4.79 Å². The van der Waals surface area contributed by atoms with Crippen LogP contribution < -0.4 is 5.32 Å². The number of hydrogen-bond acceptors (Lipinski definition) is 2. The van der Waals surface area contributed by atoms with E-state index in [1.807, 2.05) is 19.1 Å². The number of aryl methyl sites for hydroxylation is 2. The lowest BCUT2D eigenvalue weighted by Crippen LogP contribution is -2.28. The molecule has 0 radical (unpaired) electrons. The Kier molecular flexibility index (Phi) is 4.10. The van der Waals surface area contributed by atoms with Crippen LogP contribution in [0.1, 0.15) is 39.9 Å². The minimum atomic E-state index is -0.998. The Labute approximate surface area is 145 Å². The third-order valence-corrected chi connectivity index (χ3v) is 4.88. The number of benzene rings is 2. The van der Waals surface area contributed by atoms with Crippen molar-refractivity contribution < 1.29 is 14.7 Å².